The highest BCUT2D eigenvalue weighted by molar-refractivity contribution is 9.10. The first-order valence-corrected chi connectivity index (χ1v) is 5.23. The Morgan fingerprint density at radius 2 is 2.07 bits per heavy atom. The molecule has 0 saturated heterocycles. The second-order valence-electron chi connectivity index (χ2n) is 2.89. The quantitative estimate of drug-likeness (QED) is 0.822. The molecule has 0 aliphatic rings. The minimum atomic E-state index is 0.867. The van der Waals surface area contributed by atoms with E-state index in [4.69, 9.17) is 0 Å². The summed E-state index contributed by atoms with van der Waals surface area (Å²) in [6.45, 7) is 3.00. The maximum Gasteiger partial charge on any atom is 0.177 e. The van der Waals surface area contributed by atoms with Crippen LogP contribution >= 0.6 is 15.9 Å². The molecule has 0 fully saturated rings. The van der Waals surface area contributed by atoms with E-state index in [9.17, 15) is 0 Å². The van der Waals surface area contributed by atoms with Gasteiger partial charge in [-0.3, -0.25) is 4.98 Å². The molecule has 0 radical (unpaired) electrons. The van der Waals surface area contributed by atoms with E-state index in [0.717, 1.165) is 22.5 Å². The van der Waals surface area contributed by atoms with Gasteiger partial charge in [0.2, 0.25) is 0 Å². The summed E-state index contributed by atoms with van der Waals surface area (Å²) < 4.78 is 2.97. The highest BCUT2D eigenvalue weighted by Gasteiger charge is 2.07. The smallest absolute Gasteiger partial charge is 0.177 e. The average Bonchev–Trinajstić information content (AvgIpc) is 2.61. The van der Waals surface area contributed by atoms with Crippen molar-refractivity contribution in [3.05, 3.63) is 35.5 Å². The summed E-state index contributed by atoms with van der Waals surface area (Å²) in [4.78, 5) is 8.21. The molecular weight excluding hydrogens is 242 g/mol. The molecule has 14 heavy (non-hydrogen) atoms. The molecule has 0 aliphatic heterocycles. The molecule has 2 aromatic rings. The predicted octanol–water partition coefficient (Wildman–Crippen LogP) is 2.73. The maximum atomic E-state index is 4.22. The highest BCUT2D eigenvalue weighted by Crippen LogP contribution is 2.22. The standard InChI is InChI=1S/C10H10BrN3/c1-2-14-9(7-13-10(14)11)8-3-5-12-6-4-8/h3-7H,2H2,1H3. The van der Waals surface area contributed by atoms with Crippen LogP contribution in [0.2, 0.25) is 0 Å². The molecule has 0 aliphatic carbocycles. The number of halogens is 1. The number of pyridine rings is 1. The van der Waals surface area contributed by atoms with Crippen LogP contribution in [0.1, 0.15) is 6.92 Å². The zero-order chi connectivity index (χ0) is 9.97. The van der Waals surface area contributed by atoms with Crippen LogP contribution in [0, 0.1) is 0 Å². The molecule has 0 spiro atoms. The summed E-state index contributed by atoms with van der Waals surface area (Å²) >= 11 is 3.41. The third-order valence-corrected chi connectivity index (χ3v) is 2.73. The Morgan fingerprint density at radius 1 is 1.36 bits per heavy atom. The summed E-state index contributed by atoms with van der Waals surface area (Å²) in [6.07, 6.45) is 5.44. The van der Waals surface area contributed by atoms with E-state index < -0.39 is 0 Å². The molecule has 2 heterocycles. The number of imidazole rings is 1. The lowest BCUT2D eigenvalue weighted by Crippen LogP contribution is -1.96. The van der Waals surface area contributed by atoms with Gasteiger partial charge in [-0.1, -0.05) is 0 Å². The molecule has 0 amide bonds. The Bertz CT molecular complexity index is 422. The summed E-state index contributed by atoms with van der Waals surface area (Å²) in [5, 5.41) is 0. The molecule has 0 aromatic carbocycles. The fourth-order valence-corrected chi connectivity index (χ4v) is 1.95. The number of hydrogen-bond donors (Lipinski definition) is 0. The largest absolute Gasteiger partial charge is 0.319 e. The van der Waals surface area contributed by atoms with Gasteiger partial charge >= 0.3 is 0 Å². The SMILES string of the molecule is CCn1c(-c2ccncc2)cnc1Br. The van der Waals surface area contributed by atoms with Crippen LogP contribution in [-0.2, 0) is 6.54 Å². The zero-order valence-electron chi connectivity index (χ0n) is 7.81. The van der Waals surface area contributed by atoms with Gasteiger partial charge in [-0.2, -0.15) is 0 Å². The highest BCUT2D eigenvalue weighted by atomic mass is 79.9. The van der Waals surface area contributed by atoms with Crippen molar-refractivity contribution in [1.82, 2.24) is 14.5 Å². The Morgan fingerprint density at radius 3 is 2.71 bits per heavy atom. The minimum Gasteiger partial charge on any atom is -0.319 e. The van der Waals surface area contributed by atoms with Gasteiger partial charge in [0, 0.05) is 24.5 Å². The molecule has 4 heteroatoms. The predicted molar refractivity (Wildman–Crippen MR) is 58.8 cm³/mol. The van der Waals surface area contributed by atoms with Crippen molar-refractivity contribution in [3.8, 4) is 11.3 Å². The van der Waals surface area contributed by atoms with Crippen molar-refractivity contribution < 1.29 is 0 Å². The van der Waals surface area contributed by atoms with E-state index in [1.165, 1.54) is 0 Å². The van der Waals surface area contributed by atoms with Crippen LogP contribution in [0.3, 0.4) is 0 Å². The molecule has 0 saturated carbocycles. The van der Waals surface area contributed by atoms with Crippen LogP contribution in [0.5, 0.6) is 0 Å². The lowest BCUT2D eigenvalue weighted by Gasteiger charge is -2.05. The molecule has 0 N–H and O–H groups in total. The molecule has 2 rings (SSSR count). The van der Waals surface area contributed by atoms with Crippen molar-refractivity contribution in [3.63, 3.8) is 0 Å². The number of hydrogen-bond acceptors (Lipinski definition) is 2. The Hall–Kier alpha value is -1.16. The van der Waals surface area contributed by atoms with Crippen molar-refractivity contribution in [2.45, 2.75) is 13.5 Å². The number of aromatic nitrogens is 3. The lowest BCUT2D eigenvalue weighted by atomic mass is 10.2. The van der Waals surface area contributed by atoms with Gasteiger partial charge in [-0.25, -0.2) is 4.98 Å². The zero-order valence-corrected chi connectivity index (χ0v) is 9.40. The van der Waals surface area contributed by atoms with Crippen LogP contribution in [0.25, 0.3) is 11.3 Å². The van der Waals surface area contributed by atoms with Gasteiger partial charge in [0.15, 0.2) is 4.73 Å². The minimum absolute atomic E-state index is 0.867. The van der Waals surface area contributed by atoms with E-state index in [2.05, 4.69) is 37.4 Å². The molecule has 0 unspecified atom stereocenters. The number of rotatable bonds is 2. The molecule has 0 bridgehead atoms. The summed E-state index contributed by atoms with van der Waals surface area (Å²) in [7, 11) is 0. The lowest BCUT2D eigenvalue weighted by molar-refractivity contribution is 0.748. The summed E-state index contributed by atoms with van der Waals surface area (Å²) in [6, 6.07) is 3.96. The second kappa shape index (κ2) is 3.92. The van der Waals surface area contributed by atoms with Crippen molar-refractivity contribution in [2.75, 3.05) is 0 Å². The van der Waals surface area contributed by atoms with Gasteiger partial charge in [-0.15, -0.1) is 0 Å². The second-order valence-corrected chi connectivity index (χ2v) is 3.60. The normalized spacial score (nSPS) is 10.4. The van der Waals surface area contributed by atoms with Crippen LogP contribution in [-0.4, -0.2) is 14.5 Å². The van der Waals surface area contributed by atoms with Crippen LogP contribution in [0.4, 0.5) is 0 Å². The molecule has 3 nitrogen and oxygen atoms in total. The average molecular weight is 252 g/mol. The maximum absolute atomic E-state index is 4.22. The fourth-order valence-electron chi connectivity index (χ4n) is 1.41. The van der Waals surface area contributed by atoms with E-state index in [0.29, 0.717) is 0 Å². The topological polar surface area (TPSA) is 30.7 Å². The van der Waals surface area contributed by atoms with E-state index in [1.807, 2.05) is 18.3 Å². The van der Waals surface area contributed by atoms with Crippen LogP contribution < -0.4 is 0 Å². The van der Waals surface area contributed by atoms with E-state index in [1.54, 1.807) is 12.4 Å². The monoisotopic (exact) mass is 251 g/mol. The fraction of sp³-hybridized carbons (Fsp3) is 0.200. The van der Waals surface area contributed by atoms with Gasteiger partial charge in [0.1, 0.15) is 0 Å². The van der Waals surface area contributed by atoms with Gasteiger partial charge in [-0.05, 0) is 35.0 Å². The first-order chi connectivity index (χ1) is 6.83. The summed E-state index contributed by atoms with van der Waals surface area (Å²) in [5.74, 6) is 0. The first kappa shape index (κ1) is 9.40. The third-order valence-electron chi connectivity index (χ3n) is 2.10. The van der Waals surface area contributed by atoms with Gasteiger partial charge in [0.05, 0.1) is 11.9 Å². The Kier molecular flexibility index (Phi) is 2.63. The Balaban J connectivity index is 2.52. The summed E-state index contributed by atoms with van der Waals surface area (Å²) in [5.41, 5.74) is 2.25. The molecule has 0 atom stereocenters. The van der Waals surface area contributed by atoms with Gasteiger partial charge in [0.25, 0.3) is 0 Å². The van der Waals surface area contributed by atoms with E-state index in [-0.39, 0.29) is 0 Å². The van der Waals surface area contributed by atoms with Crippen molar-refractivity contribution >= 4 is 15.9 Å². The first-order valence-electron chi connectivity index (χ1n) is 4.44. The van der Waals surface area contributed by atoms with Crippen molar-refractivity contribution in [2.24, 2.45) is 0 Å². The van der Waals surface area contributed by atoms with Crippen LogP contribution in [0.15, 0.2) is 35.5 Å². The third kappa shape index (κ3) is 1.57. The number of nitrogens with zero attached hydrogens (tertiary/aromatic N) is 3. The van der Waals surface area contributed by atoms with Crippen molar-refractivity contribution in [1.29, 1.82) is 0 Å². The molecular formula is C10H10BrN3. The molecule has 72 valence electrons. The Labute approximate surface area is 90.9 Å². The molecule has 2 aromatic heterocycles. The van der Waals surface area contributed by atoms with E-state index >= 15 is 0 Å². The van der Waals surface area contributed by atoms with Gasteiger partial charge < -0.3 is 4.57 Å².